The van der Waals surface area contributed by atoms with Crippen molar-refractivity contribution in [3.8, 4) is 10.6 Å². The summed E-state index contributed by atoms with van der Waals surface area (Å²) in [6.45, 7) is 9.34. The van der Waals surface area contributed by atoms with Gasteiger partial charge in [-0.05, 0) is 63.1 Å². The molecule has 180 valence electrons. The topological polar surface area (TPSA) is 56.3 Å². The van der Waals surface area contributed by atoms with Crippen LogP contribution in [0.4, 0.5) is 15.9 Å². The van der Waals surface area contributed by atoms with Gasteiger partial charge in [-0.15, -0.1) is 11.3 Å². The molecule has 2 N–H and O–H groups in total. The summed E-state index contributed by atoms with van der Waals surface area (Å²) in [7, 11) is 0. The van der Waals surface area contributed by atoms with E-state index in [4.69, 9.17) is 9.97 Å². The Labute approximate surface area is 205 Å². The van der Waals surface area contributed by atoms with Crippen LogP contribution in [-0.2, 0) is 6.54 Å². The van der Waals surface area contributed by atoms with E-state index >= 15 is 0 Å². The number of anilines is 2. The van der Waals surface area contributed by atoms with Gasteiger partial charge in [0.2, 0.25) is 0 Å². The van der Waals surface area contributed by atoms with Crippen LogP contribution in [0.3, 0.4) is 0 Å². The van der Waals surface area contributed by atoms with Crippen molar-refractivity contribution in [2.75, 3.05) is 36.4 Å². The third-order valence-electron chi connectivity index (χ3n) is 6.60. The maximum absolute atomic E-state index is 13.2. The monoisotopic (exact) mass is 480 g/mol. The lowest BCUT2D eigenvalue weighted by atomic mass is 10.0. The van der Waals surface area contributed by atoms with E-state index in [1.807, 2.05) is 12.3 Å². The summed E-state index contributed by atoms with van der Waals surface area (Å²) in [6.07, 6.45) is 3.89. The highest BCUT2D eigenvalue weighted by Gasteiger charge is 2.24. The van der Waals surface area contributed by atoms with E-state index in [1.165, 1.54) is 12.1 Å². The molecule has 3 aromatic rings. The number of halogens is 1. The van der Waals surface area contributed by atoms with E-state index < -0.39 is 0 Å². The van der Waals surface area contributed by atoms with E-state index in [0.717, 1.165) is 73.3 Å². The van der Waals surface area contributed by atoms with E-state index in [-0.39, 0.29) is 5.82 Å². The molecule has 0 bridgehead atoms. The Morgan fingerprint density at radius 1 is 1.09 bits per heavy atom. The molecule has 0 radical (unpaired) electrons. The first-order valence-corrected chi connectivity index (χ1v) is 13.1. The zero-order chi connectivity index (χ0) is 23.5. The van der Waals surface area contributed by atoms with Crippen LogP contribution in [0, 0.1) is 5.82 Å². The van der Waals surface area contributed by atoms with Gasteiger partial charge in [-0.2, -0.15) is 0 Å². The van der Waals surface area contributed by atoms with Gasteiger partial charge >= 0.3 is 0 Å². The number of hydrogen-bond donors (Lipinski definition) is 2. The van der Waals surface area contributed by atoms with Crippen molar-refractivity contribution in [2.45, 2.75) is 51.4 Å². The molecule has 0 spiro atoms. The lowest BCUT2D eigenvalue weighted by molar-refractivity contribution is 0.165. The fourth-order valence-electron chi connectivity index (χ4n) is 5.14. The third-order valence-corrected chi connectivity index (χ3v) is 7.52. The number of aromatic nitrogens is 2. The summed E-state index contributed by atoms with van der Waals surface area (Å²) in [4.78, 5) is 14.6. The molecule has 5 rings (SSSR count). The molecule has 2 fully saturated rings. The average Bonchev–Trinajstić information content (AvgIpc) is 3.29. The Kier molecular flexibility index (Phi) is 7.08. The summed E-state index contributed by atoms with van der Waals surface area (Å²) >= 11 is 1.71. The molecule has 2 saturated heterocycles. The number of thiazole rings is 1. The quantitative estimate of drug-likeness (QED) is 0.538. The molecule has 0 amide bonds. The van der Waals surface area contributed by atoms with Crippen LogP contribution in [-0.4, -0.2) is 59.2 Å². The smallest absolute Gasteiger partial charge is 0.138 e. The van der Waals surface area contributed by atoms with Gasteiger partial charge in [0.1, 0.15) is 16.6 Å². The van der Waals surface area contributed by atoms with Crippen LogP contribution in [0.2, 0.25) is 0 Å². The van der Waals surface area contributed by atoms with Crippen LogP contribution in [0.25, 0.3) is 10.6 Å². The van der Waals surface area contributed by atoms with Gasteiger partial charge in [0.25, 0.3) is 0 Å². The SMILES string of the molecule is C[C@@H]1CN(Cc2csc(-c3cccnc3N3CCC(Nc4ccc(F)cc4)CC3)n2)C[C@H](C)N1. The second-order valence-electron chi connectivity index (χ2n) is 9.59. The highest BCUT2D eigenvalue weighted by atomic mass is 32.1. The summed E-state index contributed by atoms with van der Waals surface area (Å²) < 4.78 is 13.2. The first kappa shape index (κ1) is 23.2. The van der Waals surface area contributed by atoms with Crippen LogP contribution in [0.15, 0.2) is 48.0 Å². The van der Waals surface area contributed by atoms with Gasteiger partial charge in [0.15, 0.2) is 0 Å². The molecule has 2 atom stereocenters. The number of benzene rings is 1. The van der Waals surface area contributed by atoms with Gasteiger partial charge < -0.3 is 15.5 Å². The summed E-state index contributed by atoms with van der Waals surface area (Å²) in [5, 5.41) is 10.4. The first-order chi connectivity index (χ1) is 16.5. The fraction of sp³-hybridized carbons (Fsp3) is 0.462. The second-order valence-corrected chi connectivity index (χ2v) is 10.5. The van der Waals surface area contributed by atoms with Crippen molar-refractivity contribution in [3.63, 3.8) is 0 Å². The number of nitrogens with one attached hydrogen (secondary N) is 2. The minimum atomic E-state index is -0.203. The molecule has 0 unspecified atom stereocenters. The van der Waals surface area contributed by atoms with Crippen molar-refractivity contribution in [2.24, 2.45) is 0 Å². The minimum Gasteiger partial charge on any atom is -0.382 e. The number of piperazine rings is 1. The van der Waals surface area contributed by atoms with E-state index in [0.29, 0.717) is 18.1 Å². The minimum absolute atomic E-state index is 0.203. The Hall–Kier alpha value is -2.55. The molecule has 1 aromatic carbocycles. The Balaban J connectivity index is 1.23. The highest BCUT2D eigenvalue weighted by molar-refractivity contribution is 7.13. The molecule has 2 aliphatic heterocycles. The Morgan fingerprint density at radius 2 is 1.82 bits per heavy atom. The number of pyridine rings is 1. The molecule has 6 nitrogen and oxygen atoms in total. The molecular weight excluding hydrogens is 447 g/mol. The van der Waals surface area contributed by atoms with E-state index in [9.17, 15) is 4.39 Å². The lowest BCUT2D eigenvalue weighted by Crippen LogP contribution is -2.53. The molecular formula is C26H33FN6S. The van der Waals surface area contributed by atoms with E-state index in [2.05, 4.69) is 45.7 Å². The maximum Gasteiger partial charge on any atom is 0.138 e. The van der Waals surface area contributed by atoms with E-state index in [1.54, 1.807) is 23.5 Å². The zero-order valence-electron chi connectivity index (χ0n) is 19.9. The number of nitrogens with zero attached hydrogens (tertiary/aromatic N) is 4. The highest BCUT2D eigenvalue weighted by Crippen LogP contribution is 2.33. The summed E-state index contributed by atoms with van der Waals surface area (Å²) in [6, 6.07) is 12.2. The standard InChI is InChI=1S/C26H33FN6S/c1-18-14-32(15-19(2)29-18)16-23-17-34-26(31-23)24-4-3-11-28-25(24)33-12-9-22(10-13-33)30-21-7-5-20(27)6-8-21/h3-8,11,17-19,22,29-30H,9-10,12-16H2,1-2H3/t18-,19+. The van der Waals surface area contributed by atoms with Crippen molar-refractivity contribution in [3.05, 3.63) is 59.5 Å². The van der Waals surface area contributed by atoms with Gasteiger partial charge in [-0.1, -0.05) is 0 Å². The van der Waals surface area contributed by atoms with Gasteiger partial charge in [0, 0.05) is 68.1 Å². The Bertz CT molecular complexity index is 1070. The number of hydrogen-bond acceptors (Lipinski definition) is 7. The van der Waals surface area contributed by atoms with Gasteiger partial charge in [0.05, 0.1) is 11.3 Å². The molecule has 0 aliphatic carbocycles. The van der Waals surface area contributed by atoms with Crippen LogP contribution in [0.1, 0.15) is 32.4 Å². The van der Waals surface area contributed by atoms with Gasteiger partial charge in [-0.25, -0.2) is 14.4 Å². The zero-order valence-corrected chi connectivity index (χ0v) is 20.7. The Morgan fingerprint density at radius 3 is 2.56 bits per heavy atom. The number of piperidine rings is 1. The summed E-state index contributed by atoms with van der Waals surface area (Å²) in [5.41, 5.74) is 3.23. The molecule has 4 heterocycles. The largest absolute Gasteiger partial charge is 0.382 e. The van der Waals surface area contributed by atoms with Crippen molar-refractivity contribution < 1.29 is 4.39 Å². The normalized spacial score (nSPS) is 22.1. The average molecular weight is 481 g/mol. The second kappa shape index (κ2) is 10.4. The van der Waals surface area contributed by atoms with Crippen molar-refractivity contribution >= 4 is 22.8 Å². The third kappa shape index (κ3) is 5.56. The first-order valence-electron chi connectivity index (χ1n) is 12.2. The fourth-order valence-corrected chi connectivity index (χ4v) is 5.97. The molecule has 2 aliphatic rings. The molecule has 34 heavy (non-hydrogen) atoms. The van der Waals surface area contributed by atoms with Crippen LogP contribution < -0.4 is 15.5 Å². The van der Waals surface area contributed by atoms with Crippen LogP contribution in [0.5, 0.6) is 0 Å². The number of rotatable bonds is 6. The predicted octanol–water partition coefficient (Wildman–Crippen LogP) is 4.61. The maximum atomic E-state index is 13.2. The molecule has 8 heteroatoms. The molecule has 2 aromatic heterocycles. The predicted molar refractivity (Wildman–Crippen MR) is 138 cm³/mol. The molecule has 0 saturated carbocycles. The van der Waals surface area contributed by atoms with Gasteiger partial charge in [-0.3, -0.25) is 4.90 Å². The summed E-state index contributed by atoms with van der Waals surface area (Å²) in [5.74, 6) is 0.818. The van der Waals surface area contributed by atoms with Crippen LogP contribution >= 0.6 is 11.3 Å². The van der Waals surface area contributed by atoms with Crippen molar-refractivity contribution in [1.82, 2.24) is 20.2 Å². The van der Waals surface area contributed by atoms with Crippen molar-refractivity contribution in [1.29, 1.82) is 0 Å². The lowest BCUT2D eigenvalue weighted by Gasteiger charge is -2.35.